The average molecular weight is 709 g/mol. The van der Waals surface area contributed by atoms with Crippen molar-refractivity contribution in [2.45, 2.75) is 251 Å². The van der Waals surface area contributed by atoms with E-state index in [1.165, 1.54) is 148 Å². The molecule has 0 aromatic heterocycles. The van der Waals surface area contributed by atoms with E-state index in [4.69, 9.17) is 10.5 Å². The molecule has 2 atom stereocenters. The third kappa shape index (κ3) is 34.8. The molecule has 0 heterocycles. The van der Waals surface area contributed by atoms with E-state index < -0.39 is 12.0 Å². The average Bonchev–Trinajstić information content (AvgIpc) is 3.10. The number of ether oxygens (including phenoxy) is 1. The summed E-state index contributed by atoms with van der Waals surface area (Å²) in [4.78, 5) is 36.2. The van der Waals surface area contributed by atoms with Gasteiger partial charge in [0.2, 0.25) is 5.91 Å². The fourth-order valence-corrected chi connectivity index (χ4v) is 6.86. The molecular weight excluding hydrogens is 624 g/mol. The molecule has 7 heteroatoms. The summed E-state index contributed by atoms with van der Waals surface area (Å²) in [6.07, 6.45) is 40.4. The van der Waals surface area contributed by atoms with Crippen molar-refractivity contribution in [3.8, 4) is 0 Å². The molecule has 0 radical (unpaired) electrons. The van der Waals surface area contributed by atoms with Crippen LogP contribution in [0.15, 0.2) is 0 Å². The minimum atomic E-state index is -1.01. The van der Waals surface area contributed by atoms with Crippen molar-refractivity contribution in [2.24, 2.45) is 5.73 Å². The molecule has 0 aliphatic heterocycles. The molecular formula is C43H84N2O5. The number of esters is 1. The zero-order chi connectivity index (χ0) is 36.8. The monoisotopic (exact) mass is 709 g/mol. The largest absolute Gasteiger partial charge is 0.480 e. The first-order chi connectivity index (χ1) is 24.4. The van der Waals surface area contributed by atoms with E-state index in [-0.39, 0.29) is 18.0 Å². The summed E-state index contributed by atoms with van der Waals surface area (Å²) in [6.45, 7) is 4.90. The van der Waals surface area contributed by atoms with Crippen LogP contribution in [-0.4, -0.2) is 41.6 Å². The van der Waals surface area contributed by atoms with Gasteiger partial charge in [-0.2, -0.15) is 0 Å². The van der Waals surface area contributed by atoms with Gasteiger partial charge >= 0.3 is 11.9 Å². The Morgan fingerprint density at radius 3 is 1.26 bits per heavy atom. The maximum atomic E-state index is 12.6. The van der Waals surface area contributed by atoms with E-state index in [0.717, 1.165) is 44.9 Å². The highest BCUT2D eigenvalue weighted by Gasteiger charge is 2.19. The van der Waals surface area contributed by atoms with Crippen LogP contribution in [0.1, 0.15) is 239 Å². The first kappa shape index (κ1) is 48.4. The van der Waals surface area contributed by atoms with Crippen molar-refractivity contribution in [1.82, 2.24) is 5.32 Å². The van der Waals surface area contributed by atoms with Crippen molar-refractivity contribution in [2.75, 3.05) is 6.54 Å². The van der Waals surface area contributed by atoms with Crippen LogP contribution in [0, 0.1) is 0 Å². The fraction of sp³-hybridized carbons (Fsp3) is 0.930. The van der Waals surface area contributed by atoms with Crippen molar-refractivity contribution in [3.63, 3.8) is 0 Å². The van der Waals surface area contributed by atoms with Gasteiger partial charge in [-0.1, -0.05) is 174 Å². The number of amides is 1. The lowest BCUT2D eigenvalue weighted by Crippen LogP contribution is -2.40. The van der Waals surface area contributed by atoms with E-state index in [1.807, 2.05) is 0 Å². The number of carboxylic acid groups (broad SMARTS) is 1. The molecule has 0 aliphatic carbocycles. The zero-order valence-electron chi connectivity index (χ0n) is 33.3. The molecule has 0 aromatic rings. The molecule has 0 spiro atoms. The first-order valence-corrected chi connectivity index (χ1v) is 21.9. The number of nitrogens with two attached hydrogens (primary N) is 1. The molecule has 0 fully saturated rings. The van der Waals surface area contributed by atoms with Gasteiger partial charge in [0.1, 0.15) is 12.1 Å². The highest BCUT2D eigenvalue weighted by Crippen LogP contribution is 2.18. The third-order valence-corrected chi connectivity index (χ3v) is 10.2. The van der Waals surface area contributed by atoms with Gasteiger partial charge in [-0.15, -0.1) is 0 Å². The standard InChI is InChI=1S/C43H84N2O5/c1-3-5-7-9-10-11-12-13-14-15-16-17-18-19-20-21-22-23-24-25-26-31-37-42(47)50-39(33-28-8-6-4-2)34-29-27-30-36-41(46)45-40(43(48)49)35-32-38-44/h39-40H,3-38,44H2,1-2H3,(H,45,46)(H,48,49). The van der Waals surface area contributed by atoms with Gasteiger partial charge in [-0.05, 0) is 57.9 Å². The van der Waals surface area contributed by atoms with Gasteiger partial charge in [0.05, 0.1) is 0 Å². The molecule has 4 N–H and O–H groups in total. The number of carboxylic acids is 1. The predicted octanol–water partition coefficient (Wildman–Crippen LogP) is 12.1. The molecule has 0 saturated carbocycles. The van der Waals surface area contributed by atoms with E-state index in [0.29, 0.717) is 38.6 Å². The Hall–Kier alpha value is -1.63. The van der Waals surface area contributed by atoms with Crippen LogP contribution >= 0.6 is 0 Å². The van der Waals surface area contributed by atoms with E-state index >= 15 is 0 Å². The molecule has 50 heavy (non-hydrogen) atoms. The van der Waals surface area contributed by atoms with Crippen molar-refractivity contribution < 1.29 is 24.2 Å². The number of carbonyl (C=O) groups is 3. The normalized spacial score (nSPS) is 12.5. The number of hydrogen-bond acceptors (Lipinski definition) is 5. The molecule has 0 saturated heterocycles. The van der Waals surface area contributed by atoms with Crippen LogP contribution in [-0.2, 0) is 19.1 Å². The van der Waals surface area contributed by atoms with Gasteiger partial charge in [-0.25, -0.2) is 4.79 Å². The van der Waals surface area contributed by atoms with Crippen molar-refractivity contribution >= 4 is 17.8 Å². The molecule has 7 nitrogen and oxygen atoms in total. The maximum absolute atomic E-state index is 12.6. The second-order valence-electron chi connectivity index (χ2n) is 15.1. The summed E-state index contributed by atoms with van der Waals surface area (Å²) < 4.78 is 5.93. The van der Waals surface area contributed by atoms with Crippen molar-refractivity contribution in [1.29, 1.82) is 0 Å². The Kier molecular flexibility index (Phi) is 37.3. The molecule has 0 rings (SSSR count). The fourth-order valence-electron chi connectivity index (χ4n) is 6.86. The van der Waals surface area contributed by atoms with E-state index in [2.05, 4.69) is 19.2 Å². The summed E-state index contributed by atoms with van der Waals surface area (Å²) >= 11 is 0. The summed E-state index contributed by atoms with van der Waals surface area (Å²) in [5.41, 5.74) is 5.47. The number of carbonyl (C=O) groups excluding carboxylic acids is 2. The lowest BCUT2D eigenvalue weighted by atomic mass is 10.0. The molecule has 0 aromatic carbocycles. The Morgan fingerprint density at radius 1 is 0.500 bits per heavy atom. The van der Waals surface area contributed by atoms with Crippen LogP contribution in [0.5, 0.6) is 0 Å². The van der Waals surface area contributed by atoms with E-state index in [9.17, 15) is 19.5 Å². The van der Waals surface area contributed by atoms with Crippen LogP contribution in [0.4, 0.5) is 0 Å². The molecule has 0 aliphatic rings. The topological polar surface area (TPSA) is 119 Å². The quantitative estimate of drug-likeness (QED) is 0.0430. The Bertz CT molecular complexity index is 762. The number of hydrogen-bond donors (Lipinski definition) is 3. The Labute approximate surface area is 309 Å². The second kappa shape index (κ2) is 38.6. The Morgan fingerprint density at radius 2 is 0.860 bits per heavy atom. The van der Waals surface area contributed by atoms with Crippen LogP contribution in [0.2, 0.25) is 0 Å². The minimum absolute atomic E-state index is 0.0412. The predicted molar refractivity (Wildman–Crippen MR) is 211 cm³/mol. The maximum Gasteiger partial charge on any atom is 0.326 e. The third-order valence-electron chi connectivity index (χ3n) is 10.2. The minimum Gasteiger partial charge on any atom is -0.480 e. The van der Waals surface area contributed by atoms with Gasteiger partial charge in [0, 0.05) is 12.8 Å². The summed E-state index contributed by atoms with van der Waals surface area (Å²) in [7, 11) is 0. The summed E-state index contributed by atoms with van der Waals surface area (Å²) in [5.74, 6) is -1.30. The SMILES string of the molecule is CCCCCCCCCCCCCCCCCCCCCCCCC(=O)OC(CCCCCC)CCCCCC(=O)NC(CCCN)C(=O)O. The summed E-state index contributed by atoms with van der Waals surface area (Å²) in [5, 5.41) is 11.9. The van der Waals surface area contributed by atoms with Gasteiger partial charge < -0.3 is 20.9 Å². The lowest BCUT2D eigenvalue weighted by Gasteiger charge is -2.18. The zero-order valence-corrected chi connectivity index (χ0v) is 33.3. The van der Waals surface area contributed by atoms with Gasteiger partial charge in [-0.3, -0.25) is 9.59 Å². The number of rotatable bonds is 40. The van der Waals surface area contributed by atoms with E-state index in [1.54, 1.807) is 0 Å². The lowest BCUT2D eigenvalue weighted by molar-refractivity contribution is -0.150. The van der Waals surface area contributed by atoms with Gasteiger partial charge in [0.25, 0.3) is 0 Å². The molecule has 2 unspecified atom stereocenters. The molecule has 1 amide bonds. The summed E-state index contributed by atoms with van der Waals surface area (Å²) in [6, 6.07) is -0.869. The highest BCUT2D eigenvalue weighted by molar-refractivity contribution is 5.83. The van der Waals surface area contributed by atoms with Crippen molar-refractivity contribution in [3.05, 3.63) is 0 Å². The Balaban J connectivity index is 3.83. The smallest absolute Gasteiger partial charge is 0.326 e. The van der Waals surface area contributed by atoms with Crippen LogP contribution < -0.4 is 11.1 Å². The molecule has 296 valence electrons. The number of nitrogens with one attached hydrogen (secondary N) is 1. The first-order valence-electron chi connectivity index (χ1n) is 21.9. The molecule has 0 bridgehead atoms. The highest BCUT2D eigenvalue weighted by atomic mass is 16.5. The van der Waals surface area contributed by atoms with Crippen LogP contribution in [0.3, 0.4) is 0 Å². The second-order valence-corrected chi connectivity index (χ2v) is 15.1. The number of unbranched alkanes of at least 4 members (excludes halogenated alkanes) is 26. The van der Waals surface area contributed by atoms with Crippen LogP contribution in [0.25, 0.3) is 0 Å². The number of aliphatic carboxylic acids is 1. The van der Waals surface area contributed by atoms with Gasteiger partial charge in [0.15, 0.2) is 0 Å².